The van der Waals surface area contributed by atoms with E-state index in [1.54, 1.807) is 18.2 Å². The number of thiazole rings is 1. The fourth-order valence-electron chi connectivity index (χ4n) is 2.98. The first-order valence-corrected chi connectivity index (χ1v) is 8.73. The molecule has 2 aromatic heterocycles. The minimum absolute atomic E-state index is 0.0344. The van der Waals surface area contributed by atoms with Crippen LogP contribution in [-0.4, -0.2) is 9.55 Å². The molecule has 0 fully saturated rings. The van der Waals surface area contributed by atoms with Crippen molar-refractivity contribution in [1.29, 1.82) is 0 Å². The van der Waals surface area contributed by atoms with Crippen LogP contribution in [0.3, 0.4) is 0 Å². The summed E-state index contributed by atoms with van der Waals surface area (Å²) >= 11 is 1.08. The van der Waals surface area contributed by atoms with Gasteiger partial charge in [0.25, 0.3) is 0 Å². The van der Waals surface area contributed by atoms with Gasteiger partial charge in [-0.1, -0.05) is 29.5 Å². The van der Waals surface area contributed by atoms with Crippen molar-refractivity contribution < 1.29 is 13.2 Å². The summed E-state index contributed by atoms with van der Waals surface area (Å²) in [7, 11) is 0. The Bertz CT molecular complexity index is 1230. The zero-order chi connectivity index (χ0) is 19.1. The Morgan fingerprint density at radius 3 is 2.59 bits per heavy atom. The zero-order valence-corrected chi connectivity index (χ0v) is 14.6. The number of nitrogen functional groups attached to an aromatic ring is 1. The van der Waals surface area contributed by atoms with E-state index in [-0.39, 0.29) is 28.1 Å². The monoisotopic (exact) mass is 387 g/mol. The summed E-state index contributed by atoms with van der Waals surface area (Å²) in [5, 5.41) is 0.129. The van der Waals surface area contributed by atoms with Crippen LogP contribution in [0.15, 0.2) is 53.6 Å². The van der Waals surface area contributed by atoms with Crippen LogP contribution in [0.4, 0.5) is 18.3 Å². The number of fused-ring (bicyclic) bond motifs is 1. The molecule has 0 aliphatic carbocycles. The van der Waals surface area contributed by atoms with Crippen LogP contribution < -0.4 is 11.2 Å². The molecule has 0 atom stereocenters. The van der Waals surface area contributed by atoms with Crippen molar-refractivity contribution in [2.45, 2.75) is 6.54 Å². The molecule has 0 radical (unpaired) electrons. The maximum absolute atomic E-state index is 14.5. The molecule has 0 aliphatic heterocycles. The second-order valence-corrected chi connectivity index (χ2v) is 7.00. The summed E-state index contributed by atoms with van der Waals surface area (Å²) in [5.41, 5.74) is 5.50. The molecule has 4 rings (SSSR count). The first kappa shape index (κ1) is 17.3. The Labute approximate surface area is 155 Å². The molecule has 0 saturated carbocycles. The predicted molar refractivity (Wildman–Crippen MR) is 99.1 cm³/mol. The van der Waals surface area contributed by atoms with Gasteiger partial charge in [0.1, 0.15) is 11.6 Å². The topological polar surface area (TPSA) is 60.9 Å². The van der Waals surface area contributed by atoms with Gasteiger partial charge in [0.2, 0.25) is 0 Å². The molecular formula is C19H12F3N3OS. The fraction of sp³-hybridized carbons (Fsp3) is 0.0526. The second kappa shape index (κ2) is 6.55. The lowest BCUT2D eigenvalue weighted by Gasteiger charge is -2.14. The van der Waals surface area contributed by atoms with E-state index in [0.717, 1.165) is 17.4 Å². The zero-order valence-electron chi connectivity index (χ0n) is 13.7. The minimum atomic E-state index is -0.895. The van der Waals surface area contributed by atoms with Crippen LogP contribution in [0.2, 0.25) is 0 Å². The van der Waals surface area contributed by atoms with Crippen molar-refractivity contribution in [2.24, 2.45) is 0 Å². The molecule has 0 unspecified atom stereocenters. The van der Waals surface area contributed by atoms with Gasteiger partial charge in [0, 0.05) is 24.0 Å². The number of hydrogen-bond acceptors (Lipinski definition) is 4. The molecule has 2 aromatic carbocycles. The van der Waals surface area contributed by atoms with Crippen molar-refractivity contribution in [2.75, 3.05) is 5.73 Å². The maximum atomic E-state index is 14.5. The molecular weight excluding hydrogens is 375 g/mol. The third-order valence-corrected chi connectivity index (χ3v) is 5.04. The van der Waals surface area contributed by atoms with E-state index in [2.05, 4.69) is 4.98 Å². The van der Waals surface area contributed by atoms with Crippen LogP contribution >= 0.6 is 11.3 Å². The van der Waals surface area contributed by atoms with Gasteiger partial charge in [-0.05, 0) is 12.1 Å². The Morgan fingerprint density at radius 1 is 1.11 bits per heavy atom. The minimum Gasteiger partial charge on any atom is -0.375 e. The Hall–Kier alpha value is -3.13. The quantitative estimate of drug-likeness (QED) is 0.574. The number of nitrogens with zero attached hydrogens (tertiary/aromatic N) is 2. The van der Waals surface area contributed by atoms with Crippen LogP contribution in [0.5, 0.6) is 0 Å². The molecule has 0 saturated heterocycles. The van der Waals surface area contributed by atoms with Gasteiger partial charge in [-0.25, -0.2) is 18.2 Å². The highest BCUT2D eigenvalue weighted by molar-refractivity contribution is 7.18. The number of hydrogen-bond donors (Lipinski definition) is 1. The van der Waals surface area contributed by atoms with Crippen LogP contribution in [-0.2, 0) is 6.54 Å². The summed E-state index contributed by atoms with van der Waals surface area (Å²) in [4.78, 5) is 17.2. The molecule has 2 N–H and O–H groups in total. The highest BCUT2D eigenvalue weighted by Gasteiger charge is 2.17. The van der Waals surface area contributed by atoms with Gasteiger partial charge in [-0.2, -0.15) is 0 Å². The lowest BCUT2D eigenvalue weighted by Crippen LogP contribution is -2.14. The third kappa shape index (κ3) is 3.08. The second-order valence-electron chi connectivity index (χ2n) is 5.94. The van der Waals surface area contributed by atoms with Crippen LogP contribution in [0.1, 0.15) is 5.56 Å². The number of benzene rings is 2. The molecule has 0 amide bonds. The lowest BCUT2D eigenvalue weighted by molar-refractivity contribution is 0.580. The summed E-state index contributed by atoms with van der Waals surface area (Å²) in [5.74, 6) is -2.22. The molecule has 0 spiro atoms. The van der Waals surface area contributed by atoms with Gasteiger partial charge < -0.3 is 10.3 Å². The molecule has 4 nitrogen and oxygen atoms in total. The number of anilines is 1. The third-order valence-electron chi connectivity index (χ3n) is 4.18. The summed E-state index contributed by atoms with van der Waals surface area (Å²) < 4.78 is 43.8. The van der Waals surface area contributed by atoms with Gasteiger partial charge in [-0.15, -0.1) is 0 Å². The maximum Gasteiger partial charge on any atom is 0.198 e. The highest BCUT2D eigenvalue weighted by atomic mass is 32.1. The Morgan fingerprint density at radius 2 is 1.89 bits per heavy atom. The average Bonchev–Trinajstić information content (AvgIpc) is 3.05. The van der Waals surface area contributed by atoms with E-state index in [0.29, 0.717) is 16.5 Å². The molecule has 27 heavy (non-hydrogen) atoms. The van der Waals surface area contributed by atoms with Crippen LogP contribution in [0, 0.1) is 17.5 Å². The molecule has 0 aliphatic rings. The molecule has 136 valence electrons. The number of halogens is 3. The Kier molecular flexibility index (Phi) is 4.19. The summed E-state index contributed by atoms with van der Waals surface area (Å²) in [6.07, 6.45) is 2.84. The van der Waals surface area contributed by atoms with E-state index in [1.807, 2.05) is 0 Å². The van der Waals surface area contributed by atoms with Crippen molar-refractivity contribution in [1.82, 2.24) is 9.55 Å². The lowest BCUT2D eigenvalue weighted by atomic mass is 10.1. The van der Waals surface area contributed by atoms with E-state index >= 15 is 0 Å². The largest absolute Gasteiger partial charge is 0.375 e. The fourth-order valence-corrected chi connectivity index (χ4v) is 3.67. The molecule has 4 aromatic rings. The molecule has 0 bridgehead atoms. The van der Waals surface area contributed by atoms with Crippen LogP contribution in [0.25, 0.3) is 21.3 Å². The standard InChI is InChI=1S/C19H12F3N3OS/c20-11-5-12-17(15(22)6-11)25(8-10-3-1-2-4-14(10)21)9-13(18(12)26)16-7-24-19(23)27-16/h1-7,9H,8H2,(H2,23,24). The first-order chi connectivity index (χ1) is 12.9. The first-order valence-electron chi connectivity index (χ1n) is 7.91. The van der Waals surface area contributed by atoms with Gasteiger partial charge in [-0.3, -0.25) is 4.79 Å². The van der Waals surface area contributed by atoms with E-state index in [4.69, 9.17) is 5.73 Å². The highest BCUT2D eigenvalue weighted by Crippen LogP contribution is 2.28. The van der Waals surface area contributed by atoms with Crippen molar-refractivity contribution in [3.05, 3.63) is 82.0 Å². The molecule has 8 heteroatoms. The predicted octanol–water partition coefficient (Wildman–Crippen LogP) is 4.17. The van der Waals surface area contributed by atoms with Crippen molar-refractivity contribution >= 4 is 27.4 Å². The van der Waals surface area contributed by atoms with Gasteiger partial charge in [0.05, 0.1) is 27.9 Å². The average molecular weight is 387 g/mol. The number of aromatic nitrogens is 2. The number of nitrogens with two attached hydrogens (primary N) is 1. The number of pyridine rings is 1. The molecule has 2 heterocycles. The Balaban J connectivity index is 2.03. The van der Waals surface area contributed by atoms with E-state index < -0.39 is 22.9 Å². The van der Waals surface area contributed by atoms with Crippen molar-refractivity contribution in [3.63, 3.8) is 0 Å². The van der Waals surface area contributed by atoms with E-state index in [9.17, 15) is 18.0 Å². The van der Waals surface area contributed by atoms with Crippen molar-refractivity contribution in [3.8, 4) is 10.4 Å². The summed E-state index contributed by atoms with van der Waals surface area (Å²) in [6, 6.07) is 7.73. The normalized spacial score (nSPS) is 11.2. The number of rotatable bonds is 3. The smallest absolute Gasteiger partial charge is 0.198 e. The van der Waals surface area contributed by atoms with Gasteiger partial charge in [0.15, 0.2) is 16.4 Å². The SMILES string of the molecule is Nc1ncc(-c2cn(Cc3ccccc3F)c3c(F)cc(F)cc3c2=O)s1. The van der Waals surface area contributed by atoms with Gasteiger partial charge >= 0.3 is 0 Å². The van der Waals surface area contributed by atoms with E-state index in [1.165, 1.54) is 23.0 Å². The summed E-state index contributed by atoms with van der Waals surface area (Å²) in [6.45, 7) is -0.0344.